The molecule has 2 atom stereocenters. The summed E-state index contributed by atoms with van der Waals surface area (Å²) in [6.45, 7) is 1.16. The molecule has 1 fully saturated rings. The minimum absolute atomic E-state index is 0.226. The maximum absolute atomic E-state index is 11.5. The first-order chi connectivity index (χ1) is 7.66. The number of imide groups is 2. The number of rotatable bonds is 3. The lowest BCUT2D eigenvalue weighted by molar-refractivity contribution is -0.147. The predicted molar refractivity (Wildman–Crippen MR) is 52.9 cm³/mol. The summed E-state index contributed by atoms with van der Waals surface area (Å²) in [4.78, 5) is 44.6. The van der Waals surface area contributed by atoms with Crippen LogP contribution in [0.5, 0.6) is 0 Å². The van der Waals surface area contributed by atoms with Crippen molar-refractivity contribution in [3.05, 3.63) is 0 Å². The Balaban J connectivity index is 2.91. The predicted octanol–water partition coefficient (Wildman–Crippen LogP) is -2.25. The van der Waals surface area contributed by atoms with E-state index in [0.29, 0.717) is 0 Å². The number of urea groups is 1. The van der Waals surface area contributed by atoms with Crippen molar-refractivity contribution in [2.24, 2.45) is 17.5 Å². The third-order valence-electron chi connectivity index (χ3n) is 2.42. The number of barbiturate groups is 1. The summed E-state index contributed by atoms with van der Waals surface area (Å²) in [5, 5.41) is 10.8. The zero-order chi connectivity index (χ0) is 13.4. The van der Waals surface area contributed by atoms with Gasteiger partial charge in [-0.3, -0.25) is 19.7 Å². The molecule has 6 N–H and O–H groups in total. The molecule has 1 aliphatic rings. The van der Waals surface area contributed by atoms with E-state index in [4.69, 9.17) is 16.7 Å². The van der Waals surface area contributed by atoms with Gasteiger partial charge in [0.05, 0.1) is 0 Å². The Morgan fingerprint density at radius 2 is 2.06 bits per heavy atom. The molecule has 0 aromatic rings. The van der Waals surface area contributed by atoms with Crippen LogP contribution < -0.4 is 16.9 Å². The molecule has 17 heavy (non-hydrogen) atoms. The zero-order valence-corrected chi connectivity index (χ0v) is 8.97. The van der Waals surface area contributed by atoms with E-state index in [1.807, 2.05) is 5.32 Å². The average molecular weight is 244 g/mol. The number of hydrazine groups is 1. The summed E-state index contributed by atoms with van der Waals surface area (Å²) in [6, 6.07) is -1.05. The fourth-order valence-corrected chi connectivity index (χ4v) is 1.32. The first kappa shape index (κ1) is 13.1. The molecule has 0 radical (unpaired) electrons. The Morgan fingerprint density at radius 3 is 2.53 bits per heavy atom. The standard InChI is InChI=1S/C8H12N4O5/c1-8(9,6(15)16)2-3-4(13)11-7(17)12(10)5(3)14/h3H,2,9-10H2,1H3,(H,15,16)(H,11,13,17). The van der Waals surface area contributed by atoms with E-state index in [0.717, 1.165) is 6.92 Å². The molecule has 2 unspecified atom stereocenters. The van der Waals surface area contributed by atoms with Crippen LogP contribution in [0.2, 0.25) is 0 Å². The van der Waals surface area contributed by atoms with Gasteiger partial charge in [0.2, 0.25) is 5.91 Å². The van der Waals surface area contributed by atoms with Crippen LogP contribution in [0.1, 0.15) is 13.3 Å². The second-order valence-electron chi connectivity index (χ2n) is 3.98. The Kier molecular flexibility index (Phi) is 3.16. The topological polar surface area (TPSA) is 156 Å². The first-order valence-corrected chi connectivity index (χ1v) is 4.62. The molecule has 9 nitrogen and oxygen atoms in total. The highest BCUT2D eigenvalue weighted by Gasteiger charge is 2.44. The average Bonchev–Trinajstić information content (AvgIpc) is 2.21. The van der Waals surface area contributed by atoms with Gasteiger partial charge in [0.1, 0.15) is 11.5 Å². The number of hydrogen-bond acceptors (Lipinski definition) is 6. The number of nitrogens with one attached hydrogen (secondary N) is 1. The Hall–Kier alpha value is -2.00. The van der Waals surface area contributed by atoms with Gasteiger partial charge in [-0.2, -0.15) is 5.01 Å². The molecular formula is C8H12N4O5. The highest BCUT2D eigenvalue weighted by Crippen LogP contribution is 2.19. The molecule has 0 saturated carbocycles. The molecule has 1 rings (SSSR count). The highest BCUT2D eigenvalue weighted by molar-refractivity contribution is 6.15. The van der Waals surface area contributed by atoms with Crippen LogP contribution >= 0.6 is 0 Å². The molecule has 1 saturated heterocycles. The van der Waals surface area contributed by atoms with Crippen LogP contribution in [0, 0.1) is 5.92 Å². The minimum Gasteiger partial charge on any atom is -0.480 e. The lowest BCUT2D eigenvalue weighted by atomic mass is 9.88. The molecule has 0 spiro atoms. The molecule has 4 amide bonds. The molecule has 0 bridgehead atoms. The van der Waals surface area contributed by atoms with Crippen molar-refractivity contribution in [3.8, 4) is 0 Å². The summed E-state index contributed by atoms with van der Waals surface area (Å²) in [6.07, 6.45) is -0.450. The number of amides is 4. The monoisotopic (exact) mass is 244 g/mol. The summed E-state index contributed by atoms with van der Waals surface area (Å²) >= 11 is 0. The van der Waals surface area contributed by atoms with Crippen LogP contribution in [-0.4, -0.2) is 39.5 Å². The normalized spacial score (nSPS) is 24.3. The molecule has 9 heteroatoms. The van der Waals surface area contributed by atoms with Crippen LogP contribution in [-0.2, 0) is 14.4 Å². The van der Waals surface area contributed by atoms with Gasteiger partial charge in [-0.25, -0.2) is 10.6 Å². The molecular weight excluding hydrogens is 232 g/mol. The largest absolute Gasteiger partial charge is 0.480 e. The smallest absolute Gasteiger partial charge is 0.345 e. The van der Waals surface area contributed by atoms with Gasteiger partial charge in [0.15, 0.2) is 0 Å². The second-order valence-corrected chi connectivity index (χ2v) is 3.98. The second kappa shape index (κ2) is 4.11. The van der Waals surface area contributed by atoms with E-state index >= 15 is 0 Å². The fourth-order valence-electron chi connectivity index (χ4n) is 1.32. The van der Waals surface area contributed by atoms with Crippen molar-refractivity contribution >= 4 is 23.8 Å². The van der Waals surface area contributed by atoms with Crippen molar-refractivity contribution in [3.63, 3.8) is 0 Å². The molecule has 0 aliphatic carbocycles. The van der Waals surface area contributed by atoms with Crippen LogP contribution in [0.15, 0.2) is 0 Å². The summed E-state index contributed by atoms with van der Waals surface area (Å²) in [7, 11) is 0. The number of aliphatic carboxylic acids is 1. The van der Waals surface area contributed by atoms with Crippen LogP contribution in [0.3, 0.4) is 0 Å². The van der Waals surface area contributed by atoms with Crippen molar-refractivity contribution in [1.29, 1.82) is 0 Å². The Bertz CT molecular complexity index is 405. The molecule has 1 aliphatic heterocycles. The van der Waals surface area contributed by atoms with Gasteiger partial charge in [-0.1, -0.05) is 0 Å². The van der Waals surface area contributed by atoms with Gasteiger partial charge < -0.3 is 10.8 Å². The van der Waals surface area contributed by atoms with E-state index < -0.39 is 41.7 Å². The first-order valence-electron chi connectivity index (χ1n) is 4.62. The van der Waals surface area contributed by atoms with E-state index in [1.54, 1.807) is 0 Å². The summed E-state index contributed by atoms with van der Waals surface area (Å²) in [5.41, 5.74) is 3.65. The third kappa shape index (κ3) is 2.40. The van der Waals surface area contributed by atoms with Crippen molar-refractivity contribution < 1.29 is 24.3 Å². The van der Waals surface area contributed by atoms with Crippen LogP contribution in [0.4, 0.5) is 4.79 Å². The number of carbonyl (C=O) groups excluding carboxylic acids is 3. The lowest BCUT2D eigenvalue weighted by Gasteiger charge is -2.30. The maximum atomic E-state index is 11.5. The zero-order valence-electron chi connectivity index (χ0n) is 8.97. The van der Waals surface area contributed by atoms with Crippen molar-refractivity contribution in [2.45, 2.75) is 18.9 Å². The van der Waals surface area contributed by atoms with Crippen LogP contribution in [0.25, 0.3) is 0 Å². The van der Waals surface area contributed by atoms with Gasteiger partial charge in [0.25, 0.3) is 5.91 Å². The van der Waals surface area contributed by atoms with E-state index in [2.05, 4.69) is 0 Å². The molecule has 1 heterocycles. The molecule has 94 valence electrons. The summed E-state index contributed by atoms with van der Waals surface area (Å²) < 4.78 is 0. The van der Waals surface area contributed by atoms with E-state index in [9.17, 15) is 19.2 Å². The van der Waals surface area contributed by atoms with Gasteiger partial charge in [-0.15, -0.1) is 0 Å². The number of nitrogens with zero attached hydrogens (tertiary/aromatic N) is 1. The minimum atomic E-state index is -1.76. The van der Waals surface area contributed by atoms with Gasteiger partial charge >= 0.3 is 12.0 Å². The highest BCUT2D eigenvalue weighted by atomic mass is 16.4. The maximum Gasteiger partial charge on any atom is 0.345 e. The third-order valence-corrected chi connectivity index (χ3v) is 2.42. The van der Waals surface area contributed by atoms with Crippen molar-refractivity contribution in [2.75, 3.05) is 0 Å². The summed E-state index contributed by atoms with van der Waals surface area (Å²) in [5.74, 6) is 0.474. The lowest BCUT2D eigenvalue weighted by Crippen LogP contribution is -2.62. The molecule has 0 aromatic carbocycles. The fraction of sp³-hybridized carbons (Fsp3) is 0.500. The Labute approximate surface area is 95.7 Å². The number of carbonyl (C=O) groups is 4. The van der Waals surface area contributed by atoms with Gasteiger partial charge in [-0.05, 0) is 13.3 Å². The number of hydrogen-bond donors (Lipinski definition) is 4. The quantitative estimate of drug-likeness (QED) is 0.248. The van der Waals surface area contributed by atoms with Gasteiger partial charge in [0, 0.05) is 0 Å². The van der Waals surface area contributed by atoms with E-state index in [1.165, 1.54) is 0 Å². The van der Waals surface area contributed by atoms with E-state index in [-0.39, 0.29) is 5.01 Å². The number of carboxylic acid groups (broad SMARTS) is 1. The number of carboxylic acids is 1. The van der Waals surface area contributed by atoms with Crippen molar-refractivity contribution in [1.82, 2.24) is 10.3 Å². The Morgan fingerprint density at radius 1 is 1.53 bits per heavy atom. The SMILES string of the molecule is CC(N)(CC1C(=O)NC(=O)N(N)C1=O)C(=O)O. The molecule has 0 aromatic heterocycles. The number of nitrogens with two attached hydrogens (primary N) is 2.